The van der Waals surface area contributed by atoms with Crippen molar-refractivity contribution in [3.8, 4) is 6.07 Å². The van der Waals surface area contributed by atoms with Gasteiger partial charge < -0.3 is 10.4 Å². The first-order valence-electron chi connectivity index (χ1n) is 6.20. The van der Waals surface area contributed by atoms with Crippen LogP contribution in [0.4, 0.5) is 5.69 Å². The fourth-order valence-electron chi connectivity index (χ4n) is 2.30. The fraction of sp³-hybridized carbons (Fsp3) is 0.500. The number of aliphatic hydroxyl groups is 1. The van der Waals surface area contributed by atoms with Gasteiger partial charge in [0.05, 0.1) is 24.6 Å². The summed E-state index contributed by atoms with van der Waals surface area (Å²) in [5.41, 5.74) is 2.06. The van der Waals surface area contributed by atoms with Crippen molar-refractivity contribution in [1.29, 1.82) is 5.26 Å². The zero-order valence-corrected chi connectivity index (χ0v) is 9.89. The van der Waals surface area contributed by atoms with Crippen LogP contribution in [0.25, 0.3) is 0 Å². The Bertz CT molecular complexity index is 394. The summed E-state index contributed by atoms with van der Waals surface area (Å²) in [6.45, 7) is 0. The van der Waals surface area contributed by atoms with Gasteiger partial charge >= 0.3 is 0 Å². The Morgan fingerprint density at radius 2 is 1.94 bits per heavy atom. The number of benzene rings is 1. The Labute approximate surface area is 102 Å². The average Bonchev–Trinajstić information content (AvgIpc) is 2.35. The van der Waals surface area contributed by atoms with E-state index in [4.69, 9.17) is 5.26 Å². The third-order valence-electron chi connectivity index (χ3n) is 3.32. The molecule has 2 unspecified atom stereocenters. The van der Waals surface area contributed by atoms with Gasteiger partial charge in [0.25, 0.3) is 0 Å². The van der Waals surface area contributed by atoms with Gasteiger partial charge in [0.1, 0.15) is 0 Å². The van der Waals surface area contributed by atoms with Crippen LogP contribution < -0.4 is 5.32 Å². The molecule has 90 valence electrons. The molecule has 0 aliphatic heterocycles. The smallest absolute Gasteiger partial charge is 0.0741 e. The highest BCUT2D eigenvalue weighted by Crippen LogP contribution is 2.22. The SMILES string of the molecule is N#CCc1ccc(NC2CCCCC2O)cc1. The van der Waals surface area contributed by atoms with Crippen molar-refractivity contribution in [2.24, 2.45) is 0 Å². The standard InChI is InChI=1S/C14H18N2O/c15-10-9-11-5-7-12(8-6-11)16-13-3-1-2-4-14(13)17/h5-8,13-14,16-17H,1-4,9H2. The molecule has 1 saturated carbocycles. The van der Waals surface area contributed by atoms with Crippen molar-refractivity contribution in [3.05, 3.63) is 29.8 Å². The van der Waals surface area contributed by atoms with Gasteiger partial charge in [-0.1, -0.05) is 25.0 Å². The third kappa shape index (κ3) is 3.21. The summed E-state index contributed by atoms with van der Waals surface area (Å²) >= 11 is 0. The van der Waals surface area contributed by atoms with Crippen LogP contribution in [0.5, 0.6) is 0 Å². The van der Waals surface area contributed by atoms with Crippen molar-refractivity contribution < 1.29 is 5.11 Å². The lowest BCUT2D eigenvalue weighted by Crippen LogP contribution is -2.36. The summed E-state index contributed by atoms with van der Waals surface area (Å²) in [5, 5.41) is 21.8. The molecule has 1 aromatic carbocycles. The number of hydrogen-bond donors (Lipinski definition) is 2. The lowest BCUT2D eigenvalue weighted by Gasteiger charge is -2.29. The van der Waals surface area contributed by atoms with E-state index in [1.165, 1.54) is 6.42 Å². The van der Waals surface area contributed by atoms with E-state index in [0.717, 1.165) is 30.5 Å². The Balaban J connectivity index is 1.96. The molecule has 0 aromatic heterocycles. The zero-order chi connectivity index (χ0) is 12.1. The van der Waals surface area contributed by atoms with E-state index in [0.29, 0.717) is 6.42 Å². The van der Waals surface area contributed by atoms with Crippen LogP contribution in [-0.2, 0) is 6.42 Å². The van der Waals surface area contributed by atoms with Crippen molar-refractivity contribution in [2.45, 2.75) is 44.2 Å². The molecule has 2 N–H and O–H groups in total. The maximum absolute atomic E-state index is 9.86. The molecule has 0 radical (unpaired) electrons. The van der Waals surface area contributed by atoms with Gasteiger partial charge in [0.15, 0.2) is 0 Å². The van der Waals surface area contributed by atoms with Gasteiger partial charge in [-0.2, -0.15) is 5.26 Å². The van der Waals surface area contributed by atoms with Gasteiger partial charge in [-0.3, -0.25) is 0 Å². The molecule has 2 rings (SSSR count). The van der Waals surface area contributed by atoms with Crippen LogP contribution in [0.2, 0.25) is 0 Å². The summed E-state index contributed by atoms with van der Waals surface area (Å²) in [6.07, 6.45) is 4.45. The topological polar surface area (TPSA) is 56.0 Å². The Morgan fingerprint density at radius 1 is 1.24 bits per heavy atom. The fourth-order valence-corrected chi connectivity index (χ4v) is 2.30. The number of aliphatic hydroxyl groups excluding tert-OH is 1. The summed E-state index contributed by atoms with van der Waals surface area (Å²) in [7, 11) is 0. The lowest BCUT2D eigenvalue weighted by atomic mass is 9.92. The van der Waals surface area contributed by atoms with Crippen molar-refractivity contribution in [2.75, 3.05) is 5.32 Å². The number of anilines is 1. The van der Waals surface area contributed by atoms with Crippen LogP contribution >= 0.6 is 0 Å². The van der Waals surface area contributed by atoms with Gasteiger partial charge in [0, 0.05) is 5.69 Å². The molecule has 1 aromatic rings. The minimum absolute atomic E-state index is 0.172. The number of nitrogens with one attached hydrogen (secondary N) is 1. The molecule has 0 saturated heterocycles. The van der Waals surface area contributed by atoms with Gasteiger partial charge in [0.2, 0.25) is 0 Å². The van der Waals surface area contributed by atoms with Gasteiger partial charge in [-0.05, 0) is 30.5 Å². The monoisotopic (exact) mass is 230 g/mol. The third-order valence-corrected chi connectivity index (χ3v) is 3.32. The van der Waals surface area contributed by atoms with E-state index in [2.05, 4.69) is 11.4 Å². The van der Waals surface area contributed by atoms with Crippen molar-refractivity contribution in [1.82, 2.24) is 0 Å². The van der Waals surface area contributed by atoms with E-state index in [-0.39, 0.29) is 12.1 Å². The van der Waals surface area contributed by atoms with Gasteiger partial charge in [-0.25, -0.2) is 0 Å². The molecule has 1 aliphatic rings. The van der Waals surface area contributed by atoms with E-state index in [9.17, 15) is 5.11 Å². The summed E-state index contributed by atoms with van der Waals surface area (Å²) in [6, 6.07) is 10.2. The molecule has 3 heteroatoms. The van der Waals surface area contributed by atoms with E-state index in [1.54, 1.807) is 0 Å². The maximum atomic E-state index is 9.86. The molecule has 0 spiro atoms. The molecule has 0 heterocycles. The molecule has 17 heavy (non-hydrogen) atoms. The molecule has 1 fully saturated rings. The molecule has 0 amide bonds. The minimum Gasteiger partial charge on any atom is -0.391 e. The van der Waals surface area contributed by atoms with E-state index >= 15 is 0 Å². The second kappa shape index (κ2) is 5.70. The first-order chi connectivity index (χ1) is 8.29. The molecule has 2 atom stereocenters. The first kappa shape index (κ1) is 11.9. The van der Waals surface area contributed by atoms with Crippen molar-refractivity contribution in [3.63, 3.8) is 0 Å². The number of nitriles is 1. The minimum atomic E-state index is -0.234. The maximum Gasteiger partial charge on any atom is 0.0741 e. The quantitative estimate of drug-likeness (QED) is 0.838. The normalized spacial score (nSPS) is 24.0. The summed E-state index contributed by atoms with van der Waals surface area (Å²) in [5.74, 6) is 0. The number of nitrogens with zero attached hydrogens (tertiary/aromatic N) is 1. The second-order valence-electron chi connectivity index (χ2n) is 4.63. The predicted octanol–water partition coefficient (Wildman–Crippen LogP) is 2.47. The van der Waals surface area contributed by atoms with E-state index in [1.807, 2.05) is 24.3 Å². The molecule has 1 aliphatic carbocycles. The van der Waals surface area contributed by atoms with Gasteiger partial charge in [-0.15, -0.1) is 0 Å². The summed E-state index contributed by atoms with van der Waals surface area (Å²) < 4.78 is 0. The highest BCUT2D eigenvalue weighted by Gasteiger charge is 2.22. The Hall–Kier alpha value is -1.53. The molecule has 0 bridgehead atoms. The average molecular weight is 230 g/mol. The van der Waals surface area contributed by atoms with Crippen molar-refractivity contribution >= 4 is 5.69 Å². The van der Waals surface area contributed by atoms with Crippen LogP contribution in [0.15, 0.2) is 24.3 Å². The van der Waals surface area contributed by atoms with Crippen LogP contribution in [0.1, 0.15) is 31.2 Å². The van der Waals surface area contributed by atoms with E-state index < -0.39 is 0 Å². The highest BCUT2D eigenvalue weighted by molar-refractivity contribution is 5.46. The van der Waals surface area contributed by atoms with Crippen LogP contribution in [-0.4, -0.2) is 17.3 Å². The predicted molar refractivity (Wildman–Crippen MR) is 67.6 cm³/mol. The number of rotatable bonds is 3. The molecular weight excluding hydrogens is 212 g/mol. The zero-order valence-electron chi connectivity index (χ0n) is 9.89. The lowest BCUT2D eigenvalue weighted by molar-refractivity contribution is 0.116. The molecule has 3 nitrogen and oxygen atoms in total. The Kier molecular flexibility index (Phi) is 4.00. The molecular formula is C14H18N2O. The van der Waals surface area contributed by atoms with Crippen LogP contribution in [0, 0.1) is 11.3 Å². The second-order valence-corrected chi connectivity index (χ2v) is 4.63. The van der Waals surface area contributed by atoms with Crippen LogP contribution in [0.3, 0.4) is 0 Å². The summed E-state index contributed by atoms with van der Waals surface area (Å²) in [4.78, 5) is 0. The number of hydrogen-bond acceptors (Lipinski definition) is 3. The highest BCUT2D eigenvalue weighted by atomic mass is 16.3. The Morgan fingerprint density at radius 3 is 2.59 bits per heavy atom. The largest absolute Gasteiger partial charge is 0.391 e. The first-order valence-corrected chi connectivity index (χ1v) is 6.20.